The first-order valence-electron chi connectivity index (χ1n) is 17.3. The number of nitrogens with one attached hydrogen (secondary N) is 3. The first-order valence-corrected chi connectivity index (χ1v) is 19.0. The fourth-order valence-electron chi connectivity index (χ4n) is 5.96. The van der Waals surface area contributed by atoms with Crippen molar-refractivity contribution in [1.29, 1.82) is 0 Å². The van der Waals surface area contributed by atoms with Crippen molar-refractivity contribution in [3.8, 4) is 11.3 Å². The van der Waals surface area contributed by atoms with Crippen molar-refractivity contribution >= 4 is 68.5 Å². The Labute approximate surface area is 322 Å². The minimum Gasteiger partial charge on any atom is -0.321 e. The number of fused-ring (bicyclic) bond motifs is 1. The number of anilines is 2. The highest BCUT2D eigenvalue weighted by Crippen LogP contribution is 2.38. The zero-order valence-electron chi connectivity index (χ0n) is 29.6. The molecule has 1 unspecified atom stereocenters. The second kappa shape index (κ2) is 16.6. The van der Waals surface area contributed by atoms with Crippen molar-refractivity contribution in [3.63, 3.8) is 0 Å². The Morgan fingerprint density at radius 2 is 1.41 bits per heavy atom. The molecule has 1 heterocycles. The summed E-state index contributed by atoms with van der Waals surface area (Å²) < 4.78 is 0. The summed E-state index contributed by atoms with van der Waals surface area (Å²) in [6.45, 7) is 4.05. The largest absolute Gasteiger partial charge is 0.321 e. The Morgan fingerprint density at radius 3 is 2.19 bits per heavy atom. The summed E-state index contributed by atoms with van der Waals surface area (Å²) in [5.41, 5.74) is 5.64. The molecule has 0 aliphatic carbocycles. The third kappa shape index (κ3) is 8.66. The molecule has 6 aromatic carbocycles. The van der Waals surface area contributed by atoms with Gasteiger partial charge in [0.05, 0.1) is 5.69 Å². The van der Waals surface area contributed by atoms with Crippen molar-refractivity contribution < 1.29 is 14.4 Å². The molecule has 0 saturated carbocycles. The van der Waals surface area contributed by atoms with Gasteiger partial charge in [-0.05, 0) is 72.2 Å². The number of carbonyl (C=O) groups is 3. The highest BCUT2D eigenvalue weighted by atomic mass is 32.2. The highest BCUT2D eigenvalue weighted by Gasteiger charge is 2.24. The van der Waals surface area contributed by atoms with Gasteiger partial charge in [-0.2, -0.15) is 0 Å². The Morgan fingerprint density at radius 1 is 0.722 bits per heavy atom. The molecule has 0 bridgehead atoms. The summed E-state index contributed by atoms with van der Waals surface area (Å²) in [5.74, 6) is -1.11. The van der Waals surface area contributed by atoms with Crippen LogP contribution in [-0.2, 0) is 9.59 Å². The van der Waals surface area contributed by atoms with E-state index in [1.807, 2.05) is 135 Å². The lowest BCUT2D eigenvalue weighted by Gasteiger charge is -2.17. The number of thiazole rings is 1. The number of thioether (sulfide) groups is 1. The predicted molar refractivity (Wildman–Crippen MR) is 222 cm³/mol. The van der Waals surface area contributed by atoms with Crippen LogP contribution < -0.4 is 16.0 Å². The van der Waals surface area contributed by atoms with Gasteiger partial charge in [0.25, 0.3) is 11.8 Å². The summed E-state index contributed by atoms with van der Waals surface area (Å²) in [7, 11) is 0. The number of rotatable bonds is 11. The third-order valence-electron chi connectivity index (χ3n) is 8.69. The second-order valence-corrected chi connectivity index (χ2v) is 15.0. The summed E-state index contributed by atoms with van der Waals surface area (Å²) in [4.78, 5) is 47.8. The van der Waals surface area contributed by atoms with Crippen LogP contribution >= 0.6 is 23.1 Å². The molecule has 3 N–H and O–H groups in total. The van der Waals surface area contributed by atoms with Gasteiger partial charge in [-0.25, -0.2) is 4.98 Å². The van der Waals surface area contributed by atoms with Crippen molar-refractivity contribution in [3.05, 3.63) is 184 Å². The monoisotopic (exact) mass is 744 g/mol. The smallest absolute Gasteiger partial charge is 0.272 e. The van der Waals surface area contributed by atoms with Crippen LogP contribution in [0, 0.1) is 13.8 Å². The molecule has 9 heteroatoms. The third-order valence-corrected chi connectivity index (χ3v) is 10.8. The molecule has 7 aromatic rings. The molecule has 0 fully saturated rings. The van der Waals surface area contributed by atoms with Gasteiger partial charge >= 0.3 is 0 Å². The number of nitrogens with zero attached hydrogens (tertiary/aromatic N) is 1. The van der Waals surface area contributed by atoms with Gasteiger partial charge < -0.3 is 16.0 Å². The first-order chi connectivity index (χ1) is 26.3. The van der Waals surface area contributed by atoms with E-state index in [-0.39, 0.29) is 11.6 Å². The van der Waals surface area contributed by atoms with Gasteiger partial charge in [0.1, 0.15) is 10.9 Å². The Hall–Kier alpha value is -6.29. The first kappa shape index (κ1) is 36.1. The van der Waals surface area contributed by atoms with Crippen LogP contribution in [0.15, 0.2) is 162 Å². The second-order valence-electron chi connectivity index (χ2n) is 12.6. The quantitative estimate of drug-likeness (QED) is 0.0905. The van der Waals surface area contributed by atoms with E-state index < -0.39 is 17.1 Å². The van der Waals surface area contributed by atoms with Gasteiger partial charge in [-0.1, -0.05) is 127 Å². The van der Waals surface area contributed by atoms with E-state index in [1.165, 1.54) is 28.7 Å². The molecule has 3 amide bonds. The van der Waals surface area contributed by atoms with Crippen molar-refractivity contribution in [1.82, 2.24) is 10.3 Å². The molecule has 54 heavy (non-hydrogen) atoms. The molecule has 0 aliphatic rings. The van der Waals surface area contributed by atoms with Crippen LogP contribution in [0.5, 0.6) is 0 Å². The molecule has 7 nitrogen and oxygen atoms in total. The van der Waals surface area contributed by atoms with E-state index in [4.69, 9.17) is 4.98 Å². The van der Waals surface area contributed by atoms with E-state index in [9.17, 15) is 14.4 Å². The fourth-order valence-corrected chi connectivity index (χ4v) is 7.88. The molecular formula is C45H36N4O3S2. The molecular weight excluding hydrogens is 709 g/mol. The number of hydrogen-bond donors (Lipinski definition) is 3. The molecule has 7 rings (SSSR count). The van der Waals surface area contributed by atoms with E-state index in [2.05, 4.69) is 16.0 Å². The molecule has 0 radical (unpaired) electrons. The van der Waals surface area contributed by atoms with Crippen LogP contribution in [0.25, 0.3) is 28.1 Å². The molecule has 1 aromatic heterocycles. The summed E-state index contributed by atoms with van der Waals surface area (Å²) in [5, 5.41) is 10.7. The summed E-state index contributed by atoms with van der Waals surface area (Å²) >= 11 is 2.81. The molecule has 0 saturated heterocycles. The molecule has 266 valence electrons. The van der Waals surface area contributed by atoms with Crippen LogP contribution in [-0.4, -0.2) is 22.7 Å². The van der Waals surface area contributed by atoms with Crippen molar-refractivity contribution in [2.75, 3.05) is 10.6 Å². The maximum absolute atomic E-state index is 14.0. The van der Waals surface area contributed by atoms with Crippen LogP contribution in [0.1, 0.15) is 37.2 Å². The molecule has 0 aliphatic heterocycles. The lowest BCUT2D eigenvalue weighted by Crippen LogP contribution is -2.30. The lowest BCUT2D eigenvalue weighted by atomic mass is 10.0. The number of aromatic nitrogens is 1. The van der Waals surface area contributed by atoms with E-state index in [0.29, 0.717) is 16.4 Å². The predicted octanol–water partition coefficient (Wildman–Crippen LogP) is 10.5. The van der Waals surface area contributed by atoms with Crippen LogP contribution in [0.2, 0.25) is 0 Å². The van der Waals surface area contributed by atoms with E-state index in [0.717, 1.165) is 42.9 Å². The highest BCUT2D eigenvalue weighted by molar-refractivity contribution is 8.00. The van der Waals surface area contributed by atoms with Crippen LogP contribution in [0.4, 0.5) is 10.8 Å². The van der Waals surface area contributed by atoms with Crippen molar-refractivity contribution in [2.24, 2.45) is 0 Å². The minimum atomic E-state index is -0.615. The Balaban J connectivity index is 1.13. The zero-order chi connectivity index (χ0) is 37.4. The number of amides is 3. The minimum absolute atomic E-state index is 0.0866. The Kier molecular flexibility index (Phi) is 11.1. The molecule has 1 atom stereocenters. The fraction of sp³-hybridized carbons (Fsp3) is 0.0667. The number of carbonyl (C=O) groups excluding carboxylic acids is 3. The average molecular weight is 745 g/mol. The number of aryl methyl sites for hydroxylation is 2. The zero-order valence-corrected chi connectivity index (χ0v) is 31.2. The number of hydrogen-bond acceptors (Lipinski definition) is 6. The van der Waals surface area contributed by atoms with Gasteiger partial charge in [-0.15, -0.1) is 23.1 Å². The van der Waals surface area contributed by atoms with Crippen molar-refractivity contribution in [2.45, 2.75) is 24.0 Å². The number of benzene rings is 6. The van der Waals surface area contributed by atoms with Gasteiger partial charge in [0.2, 0.25) is 5.91 Å². The van der Waals surface area contributed by atoms with E-state index >= 15 is 0 Å². The van der Waals surface area contributed by atoms with E-state index in [1.54, 1.807) is 36.4 Å². The van der Waals surface area contributed by atoms with Gasteiger partial charge in [0.15, 0.2) is 5.13 Å². The Bertz CT molecular complexity index is 2470. The SMILES string of the molecule is Cc1ccc(-c2nc(NC(=O)C(Sc3cccc(NC(=O)/C(=C\c4cccc5ccccc45)NC(=O)c4ccccc4)c3)c3ccccc3)sc2C)cc1. The normalized spacial score (nSPS) is 11.9. The van der Waals surface area contributed by atoms with Crippen LogP contribution in [0.3, 0.4) is 0 Å². The lowest BCUT2D eigenvalue weighted by molar-refractivity contribution is -0.116. The summed E-state index contributed by atoms with van der Waals surface area (Å²) in [6, 6.07) is 47.6. The van der Waals surface area contributed by atoms with Gasteiger partial charge in [0, 0.05) is 26.6 Å². The van der Waals surface area contributed by atoms with Gasteiger partial charge in [-0.3, -0.25) is 14.4 Å². The standard InChI is InChI=1S/C45H36N4O3S2/c1-29-23-25-32(26-24-29)40-30(2)53-45(48-40)49-44(52)41(33-14-5-3-6-15-33)54-37-21-12-20-36(28-37)46-43(51)39(47-42(50)34-16-7-4-8-17-34)27-35-19-11-18-31-13-9-10-22-38(31)35/h3-28,41H,1-2H3,(H,46,51)(H,47,50)(H,48,49,52)/b39-27+. The maximum atomic E-state index is 14.0. The topological polar surface area (TPSA) is 100 Å². The summed E-state index contributed by atoms with van der Waals surface area (Å²) in [6.07, 6.45) is 1.69. The maximum Gasteiger partial charge on any atom is 0.272 e. The average Bonchev–Trinajstić information content (AvgIpc) is 3.56. The molecule has 0 spiro atoms.